The minimum atomic E-state index is -0.284. The normalized spacial score (nSPS) is 11.3. The lowest BCUT2D eigenvalue weighted by molar-refractivity contribution is -0.120. The van der Waals surface area contributed by atoms with Crippen molar-refractivity contribution in [3.8, 4) is 0 Å². The topological polar surface area (TPSA) is 38.3 Å². The van der Waals surface area contributed by atoms with E-state index in [0.29, 0.717) is 13.2 Å². The lowest BCUT2D eigenvalue weighted by Gasteiger charge is -2.24. The van der Waals surface area contributed by atoms with Crippen LogP contribution in [0.1, 0.15) is 20.8 Å². The Labute approximate surface area is 79.3 Å². The van der Waals surface area contributed by atoms with Crippen molar-refractivity contribution in [2.24, 2.45) is 0 Å². The van der Waals surface area contributed by atoms with Crippen LogP contribution < -0.4 is 5.32 Å². The van der Waals surface area contributed by atoms with E-state index >= 15 is 0 Å². The zero-order valence-electron chi connectivity index (χ0n) is 7.89. The molecular formula is C8H17NO2S. The van der Waals surface area contributed by atoms with Crippen LogP contribution in [0.5, 0.6) is 0 Å². The van der Waals surface area contributed by atoms with Crippen LogP contribution in [0.2, 0.25) is 0 Å². The molecule has 0 aliphatic rings. The summed E-state index contributed by atoms with van der Waals surface area (Å²) < 4.78 is 5.38. The van der Waals surface area contributed by atoms with Gasteiger partial charge in [0.1, 0.15) is 0 Å². The number of hydrogen-bond acceptors (Lipinski definition) is 3. The maximum Gasteiger partial charge on any atom is 0.229 e. The van der Waals surface area contributed by atoms with Gasteiger partial charge in [-0.15, -0.1) is 0 Å². The van der Waals surface area contributed by atoms with Crippen LogP contribution in [0.25, 0.3) is 0 Å². The standard InChI is InChI=1S/C8H17NO2S/c1-4-11-8(2,3)6-9-7(10)5-12/h12H,4-6H2,1-3H3,(H,9,10). The molecule has 4 heteroatoms. The van der Waals surface area contributed by atoms with Crippen LogP contribution in [0.3, 0.4) is 0 Å². The van der Waals surface area contributed by atoms with Crippen molar-refractivity contribution < 1.29 is 9.53 Å². The number of hydrogen-bond donors (Lipinski definition) is 2. The molecule has 72 valence electrons. The molecule has 0 rings (SSSR count). The smallest absolute Gasteiger partial charge is 0.229 e. The minimum Gasteiger partial charge on any atom is -0.374 e. The van der Waals surface area contributed by atoms with Crippen LogP contribution in [0.15, 0.2) is 0 Å². The van der Waals surface area contributed by atoms with Crippen LogP contribution in [0.4, 0.5) is 0 Å². The second kappa shape index (κ2) is 5.43. The third kappa shape index (κ3) is 5.43. The van der Waals surface area contributed by atoms with Crippen LogP contribution >= 0.6 is 12.6 Å². The molecule has 0 fully saturated rings. The Morgan fingerprint density at radius 3 is 2.58 bits per heavy atom. The quantitative estimate of drug-likeness (QED) is 0.632. The molecule has 0 aliphatic heterocycles. The molecule has 0 saturated heterocycles. The Balaban J connectivity index is 3.67. The summed E-state index contributed by atoms with van der Waals surface area (Å²) in [6.07, 6.45) is 0. The number of carbonyl (C=O) groups excluding carboxylic acids is 1. The van der Waals surface area contributed by atoms with E-state index in [4.69, 9.17) is 4.74 Å². The molecule has 3 nitrogen and oxygen atoms in total. The molecule has 1 N–H and O–H groups in total. The van der Waals surface area contributed by atoms with Gasteiger partial charge in [-0.25, -0.2) is 0 Å². The first kappa shape index (κ1) is 11.8. The van der Waals surface area contributed by atoms with E-state index < -0.39 is 0 Å². The molecule has 0 atom stereocenters. The zero-order chi connectivity index (χ0) is 9.61. The summed E-state index contributed by atoms with van der Waals surface area (Å²) in [7, 11) is 0. The first-order chi connectivity index (χ1) is 5.52. The maximum atomic E-state index is 10.8. The fourth-order valence-electron chi connectivity index (χ4n) is 0.809. The van der Waals surface area contributed by atoms with Gasteiger partial charge >= 0.3 is 0 Å². The molecule has 0 spiro atoms. The van der Waals surface area contributed by atoms with Crippen molar-refractivity contribution in [3.05, 3.63) is 0 Å². The molecule has 0 aromatic carbocycles. The summed E-state index contributed by atoms with van der Waals surface area (Å²) in [5, 5.41) is 2.72. The highest BCUT2D eigenvalue weighted by Gasteiger charge is 2.17. The highest BCUT2D eigenvalue weighted by atomic mass is 32.1. The molecule has 12 heavy (non-hydrogen) atoms. The summed E-state index contributed by atoms with van der Waals surface area (Å²) in [5.41, 5.74) is -0.284. The molecule has 0 radical (unpaired) electrons. The van der Waals surface area contributed by atoms with Gasteiger partial charge in [-0.05, 0) is 20.8 Å². The van der Waals surface area contributed by atoms with Crippen molar-refractivity contribution in [1.29, 1.82) is 0 Å². The summed E-state index contributed by atoms with van der Waals surface area (Å²) in [5.74, 6) is 0.161. The predicted octanol–water partition coefficient (Wildman–Crippen LogP) is 0.847. The van der Waals surface area contributed by atoms with E-state index in [0.717, 1.165) is 0 Å². The fraction of sp³-hybridized carbons (Fsp3) is 0.875. The van der Waals surface area contributed by atoms with Gasteiger partial charge < -0.3 is 10.1 Å². The SMILES string of the molecule is CCOC(C)(C)CNC(=O)CS. The number of rotatable bonds is 5. The summed E-state index contributed by atoms with van der Waals surface area (Å²) >= 11 is 3.84. The lowest BCUT2D eigenvalue weighted by Crippen LogP contribution is -2.40. The number of nitrogens with one attached hydrogen (secondary N) is 1. The van der Waals surface area contributed by atoms with E-state index in [9.17, 15) is 4.79 Å². The number of amides is 1. The van der Waals surface area contributed by atoms with Crippen molar-refractivity contribution >= 4 is 18.5 Å². The molecule has 0 aromatic rings. The third-order valence-electron chi connectivity index (χ3n) is 1.39. The monoisotopic (exact) mass is 191 g/mol. The molecular weight excluding hydrogens is 174 g/mol. The van der Waals surface area contributed by atoms with Crippen molar-refractivity contribution in [2.75, 3.05) is 18.9 Å². The number of ether oxygens (including phenoxy) is 1. The summed E-state index contributed by atoms with van der Waals surface area (Å²) in [4.78, 5) is 10.8. The molecule has 0 heterocycles. The Kier molecular flexibility index (Phi) is 5.33. The minimum absolute atomic E-state index is 0.0638. The van der Waals surface area contributed by atoms with E-state index in [1.54, 1.807) is 0 Å². The first-order valence-corrected chi connectivity index (χ1v) is 4.66. The van der Waals surface area contributed by atoms with Crippen LogP contribution in [-0.4, -0.2) is 30.4 Å². The van der Waals surface area contributed by atoms with Gasteiger partial charge in [0, 0.05) is 13.2 Å². The predicted molar refractivity (Wildman–Crippen MR) is 52.6 cm³/mol. The van der Waals surface area contributed by atoms with Crippen molar-refractivity contribution in [3.63, 3.8) is 0 Å². The van der Waals surface area contributed by atoms with Crippen LogP contribution in [-0.2, 0) is 9.53 Å². The van der Waals surface area contributed by atoms with Crippen molar-refractivity contribution in [2.45, 2.75) is 26.4 Å². The van der Waals surface area contributed by atoms with Gasteiger partial charge in [0.25, 0.3) is 0 Å². The highest BCUT2D eigenvalue weighted by molar-refractivity contribution is 7.81. The van der Waals surface area contributed by atoms with Gasteiger partial charge in [0.15, 0.2) is 0 Å². The average molecular weight is 191 g/mol. The zero-order valence-corrected chi connectivity index (χ0v) is 8.78. The average Bonchev–Trinajstić information content (AvgIpc) is 2.00. The van der Waals surface area contributed by atoms with Gasteiger partial charge in [-0.3, -0.25) is 4.79 Å². The maximum absolute atomic E-state index is 10.8. The molecule has 0 unspecified atom stereocenters. The van der Waals surface area contributed by atoms with Gasteiger partial charge in [0.2, 0.25) is 5.91 Å². The Bertz CT molecular complexity index is 148. The van der Waals surface area contributed by atoms with Crippen LogP contribution in [0, 0.1) is 0 Å². The second-order valence-corrected chi connectivity index (χ2v) is 3.44. The van der Waals surface area contributed by atoms with Gasteiger partial charge in [-0.2, -0.15) is 12.6 Å². The first-order valence-electron chi connectivity index (χ1n) is 4.03. The van der Waals surface area contributed by atoms with E-state index in [1.807, 2.05) is 20.8 Å². The van der Waals surface area contributed by atoms with E-state index in [2.05, 4.69) is 17.9 Å². The van der Waals surface area contributed by atoms with E-state index in [-0.39, 0.29) is 17.3 Å². The Morgan fingerprint density at radius 2 is 2.17 bits per heavy atom. The largest absolute Gasteiger partial charge is 0.374 e. The molecule has 0 saturated carbocycles. The molecule has 0 aliphatic carbocycles. The summed E-state index contributed by atoms with van der Waals surface area (Å²) in [6, 6.07) is 0. The van der Waals surface area contributed by atoms with Gasteiger partial charge in [0.05, 0.1) is 11.4 Å². The Morgan fingerprint density at radius 1 is 1.58 bits per heavy atom. The molecule has 0 aromatic heterocycles. The highest BCUT2D eigenvalue weighted by Crippen LogP contribution is 2.06. The Hall–Kier alpha value is -0.220. The number of carbonyl (C=O) groups is 1. The second-order valence-electron chi connectivity index (χ2n) is 3.13. The summed E-state index contributed by atoms with van der Waals surface area (Å²) in [6.45, 7) is 7.00. The number of thiol groups is 1. The van der Waals surface area contributed by atoms with Gasteiger partial charge in [-0.1, -0.05) is 0 Å². The van der Waals surface area contributed by atoms with E-state index in [1.165, 1.54) is 0 Å². The van der Waals surface area contributed by atoms with Crippen molar-refractivity contribution in [1.82, 2.24) is 5.32 Å². The fourth-order valence-corrected chi connectivity index (χ4v) is 0.921. The lowest BCUT2D eigenvalue weighted by atomic mass is 10.1. The molecule has 1 amide bonds. The third-order valence-corrected chi connectivity index (χ3v) is 1.68. The molecule has 0 bridgehead atoms.